The van der Waals surface area contributed by atoms with E-state index in [2.05, 4.69) is 28.2 Å². The highest BCUT2D eigenvalue weighted by molar-refractivity contribution is 6.34. The lowest BCUT2D eigenvalue weighted by Crippen LogP contribution is -1.99. The molecule has 2 heterocycles. The van der Waals surface area contributed by atoms with Crippen LogP contribution in [0.1, 0.15) is 23.9 Å². The van der Waals surface area contributed by atoms with Gasteiger partial charge in [0.2, 0.25) is 0 Å². The Hall–Kier alpha value is -2.00. The highest BCUT2D eigenvalue weighted by Gasteiger charge is 2.08. The minimum Gasteiger partial charge on any atom is -0.261 e. The standard InChI is InChI=1S/C16H14ClN3/c1-2-11-7-8-12(18-10-11)9-15-13-5-3-4-6-14(13)16(17)20-19-15/h3-8,10H,2,9H2,1H3. The average Bonchev–Trinajstić information content (AvgIpc) is 2.51. The number of hydrogen-bond acceptors (Lipinski definition) is 3. The van der Waals surface area contributed by atoms with Gasteiger partial charge in [-0.25, -0.2) is 0 Å². The topological polar surface area (TPSA) is 38.7 Å². The summed E-state index contributed by atoms with van der Waals surface area (Å²) in [4.78, 5) is 4.47. The molecule has 0 spiro atoms. The monoisotopic (exact) mass is 283 g/mol. The van der Waals surface area contributed by atoms with Gasteiger partial charge in [0, 0.05) is 29.1 Å². The number of hydrogen-bond donors (Lipinski definition) is 0. The lowest BCUT2D eigenvalue weighted by atomic mass is 10.1. The third-order valence-electron chi connectivity index (χ3n) is 3.36. The SMILES string of the molecule is CCc1ccc(Cc2nnc(Cl)c3ccccc23)nc1. The molecule has 0 aliphatic rings. The largest absolute Gasteiger partial charge is 0.261 e. The maximum atomic E-state index is 6.08. The van der Waals surface area contributed by atoms with Gasteiger partial charge < -0.3 is 0 Å². The fourth-order valence-corrected chi connectivity index (χ4v) is 2.40. The number of fused-ring (bicyclic) bond motifs is 1. The van der Waals surface area contributed by atoms with E-state index in [1.165, 1.54) is 5.56 Å². The molecule has 0 amide bonds. The van der Waals surface area contributed by atoms with E-state index in [1.54, 1.807) is 0 Å². The van der Waals surface area contributed by atoms with Crippen molar-refractivity contribution in [2.75, 3.05) is 0 Å². The fraction of sp³-hybridized carbons (Fsp3) is 0.188. The van der Waals surface area contributed by atoms with Crippen LogP contribution in [0.25, 0.3) is 10.8 Å². The van der Waals surface area contributed by atoms with Gasteiger partial charge in [0.25, 0.3) is 0 Å². The van der Waals surface area contributed by atoms with Crippen molar-refractivity contribution < 1.29 is 0 Å². The molecule has 1 aromatic carbocycles. The van der Waals surface area contributed by atoms with Crippen LogP contribution < -0.4 is 0 Å². The Balaban J connectivity index is 2.00. The van der Waals surface area contributed by atoms with Crippen molar-refractivity contribution >= 4 is 22.4 Å². The number of halogens is 1. The van der Waals surface area contributed by atoms with E-state index in [1.807, 2.05) is 36.5 Å². The first-order valence-corrected chi connectivity index (χ1v) is 6.99. The van der Waals surface area contributed by atoms with Crippen LogP contribution in [0, 0.1) is 0 Å². The van der Waals surface area contributed by atoms with E-state index >= 15 is 0 Å². The summed E-state index contributed by atoms with van der Waals surface area (Å²) in [5, 5.41) is 10.7. The van der Waals surface area contributed by atoms with Gasteiger partial charge in [-0.05, 0) is 18.1 Å². The van der Waals surface area contributed by atoms with Crippen LogP contribution in [0.2, 0.25) is 5.15 Å². The second kappa shape index (κ2) is 5.55. The van der Waals surface area contributed by atoms with Crippen LogP contribution in [0.15, 0.2) is 42.6 Å². The molecule has 0 atom stereocenters. The summed E-state index contributed by atoms with van der Waals surface area (Å²) in [6.07, 6.45) is 3.58. The number of aromatic nitrogens is 3. The summed E-state index contributed by atoms with van der Waals surface area (Å²) in [6, 6.07) is 12.1. The van der Waals surface area contributed by atoms with Crippen molar-refractivity contribution in [2.45, 2.75) is 19.8 Å². The molecule has 0 aliphatic heterocycles. The van der Waals surface area contributed by atoms with Crippen LogP contribution in [0.5, 0.6) is 0 Å². The maximum Gasteiger partial charge on any atom is 0.159 e. The molecule has 0 saturated heterocycles. The molecule has 0 saturated carbocycles. The Labute approximate surface area is 122 Å². The molecule has 0 bridgehead atoms. The van der Waals surface area contributed by atoms with Crippen molar-refractivity contribution in [1.29, 1.82) is 0 Å². The van der Waals surface area contributed by atoms with Gasteiger partial charge >= 0.3 is 0 Å². The van der Waals surface area contributed by atoms with Crippen LogP contribution in [-0.4, -0.2) is 15.2 Å². The highest BCUT2D eigenvalue weighted by Crippen LogP contribution is 2.23. The summed E-state index contributed by atoms with van der Waals surface area (Å²) in [5.41, 5.74) is 3.13. The zero-order valence-electron chi connectivity index (χ0n) is 11.2. The molecule has 3 nitrogen and oxygen atoms in total. The number of nitrogens with zero attached hydrogens (tertiary/aromatic N) is 3. The first kappa shape index (κ1) is 13.0. The molecule has 0 aliphatic carbocycles. The summed E-state index contributed by atoms with van der Waals surface area (Å²) in [6.45, 7) is 2.12. The Morgan fingerprint density at radius 2 is 1.80 bits per heavy atom. The molecule has 0 N–H and O–H groups in total. The first-order chi connectivity index (χ1) is 9.78. The van der Waals surface area contributed by atoms with Gasteiger partial charge in [-0.15, -0.1) is 5.10 Å². The predicted octanol–water partition coefficient (Wildman–Crippen LogP) is 3.83. The zero-order chi connectivity index (χ0) is 13.9. The quantitative estimate of drug-likeness (QED) is 0.733. The van der Waals surface area contributed by atoms with Gasteiger partial charge in [-0.3, -0.25) is 4.98 Å². The Bertz CT molecular complexity index is 738. The van der Waals surface area contributed by atoms with Crippen LogP contribution in [0.3, 0.4) is 0 Å². The van der Waals surface area contributed by atoms with Gasteiger partial charge in [0.1, 0.15) is 0 Å². The zero-order valence-corrected chi connectivity index (χ0v) is 11.9. The smallest absolute Gasteiger partial charge is 0.159 e. The maximum absolute atomic E-state index is 6.08. The minimum atomic E-state index is 0.443. The van der Waals surface area contributed by atoms with E-state index in [0.717, 1.165) is 28.6 Å². The molecule has 3 aromatic rings. The van der Waals surface area contributed by atoms with Gasteiger partial charge in [-0.2, -0.15) is 5.10 Å². The van der Waals surface area contributed by atoms with Crippen LogP contribution in [-0.2, 0) is 12.8 Å². The molecule has 0 unspecified atom stereocenters. The second-order valence-electron chi connectivity index (χ2n) is 4.67. The lowest BCUT2D eigenvalue weighted by Gasteiger charge is -2.06. The highest BCUT2D eigenvalue weighted by atomic mass is 35.5. The molecule has 0 radical (unpaired) electrons. The van der Waals surface area contributed by atoms with Crippen molar-refractivity contribution in [1.82, 2.24) is 15.2 Å². The fourth-order valence-electron chi connectivity index (χ4n) is 2.20. The van der Waals surface area contributed by atoms with Crippen molar-refractivity contribution in [3.63, 3.8) is 0 Å². The molecular weight excluding hydrogens is 270 g/mol. The molecule has 3 rings (SSSR count). The number of benzene rings is 1. The van der Waals surface area contributed by atoms with E-state index in [0.29, 0.717) is 11.6 Å². The summed E-state index contributed by atoms with van der Waals surface area (Å²) >= 11 is 6.08. The lowest BCUT2D eigenvalue weighted by molar-refractivity contribution is 0.932. The number of rotatable bonds is 3. The Morgan fingerprint density at radius 3 is 2.50 bits per heavy atom. The molecule has 20 heavy (non-hydrogen) atoms. The van der Waals surface area contributed by atoms with E-state index in [4.69, 9.17) is 11.6 Å². The van der Waals surface area contributed by atoms with Crippen LogP contribution in [0.4, 0.5) is 0 Å². The summed E-state index contributed by atoms with van der Waals surface area (Å²) in [7, 11) is 0. The Morgan fingerprint density at radius 1 is 1.00 bits per heavy atom. The molecule has 4 heteroatoms. The van der Waals surface area contributed by atoms with E-state index in [-0.39, 0.29) is 0 Å². The van der Waals surface area contributed by atoms with Crippen molar-refractivity contribution in [3.8, 4) is 0 Å². The third kappa shape index (κ3) is 2.49. The van der Waals surface area contributed by atoms with Crippen LogP contribution >= 0.6 is 11.6 Å². The van der Waals surface area contributed by atoms with Crippen molar-refractivity contribution in [3.05, 3.63) is 64.7 Å². The van der Waals surface area contributed by atoms with E-state index < -0.39 is 0 Å². The normalized spacial score (nSPS) is 10.9. The minimum absolute atomic E-state index is 0.443. The predicted molar refractivity (Wildman–Crippen MR) is 81.0 cm³/mol. The second-order valence-corrected chi connectivity index (χ2v) is 5.03. The number of aryl methyl sites for hydroxylation is 1. The summed E-state index contributed by atoms with van der Waals surface area (Å²) in [5.74, 6) is 0. The number of pyridine rings is 1. The summed E-state index contributed by atoms with van der Waals surface area (Å²) < 4.78 is 0. The average molecular weight is 284 g/mol. The Kier molecular flexibility index (Phi) is 3.61. The van der Waals surface area contributed by atoms with E-state index in [9.17, 15) is 0 Å². The van der Waals surface area contributed by atoms with Gasteiger partial charge in [0.05, 0.1) is 5.69 Å². The van der Waals surface area contributed by atoms with Gasteiger partial charge in [0.15, 0.2) is 5.15 Å². The molecule has 0 fully saturated rings. The van der Waals surface area contributed by atoms with Crippen molar-refractivity contribution in [2.24, 2.45) is 0 Å². The molecular formula is C16H14ClN3. The van der Waals surface area contributed by atoms with Gasteiger partial charge in [-0.1, -0.05) is 48.9 Å². The first-order valence-electron chi connectivity index (χ1n) is 6.61. The third-order valence-corrected chi connectivity index (χ3v) is 3.64. The molecule has 100 valence electrons. The molecule has 2 aromatic heterocycles.